The third-order valence-electron chi connectivity index (χ3n) is 4.27. The van der Waals surface area contributed by atoms with Crippen LogP contribution in [0.15, 0.2) is 24.3 Å². The molecule has 0 unspecified atom stereocenters. The molecule has 1 saturated carbocycles. The Morgan fingerprint density at radius 3 is 2.70 bits per heavy atom. The molecule has 0 aliphatic heterocycles. The van der Waals surface area contributed by atoms with Crippen molar-refractivity contribution < 1.29 is 4.74 Å². The summed E-state index contributed by atoms with van der Waals surface area (Å²) in [4.78, 5) is 2.15. The van der Waals surface area contributed by atoms with Crippen molar-refractivity contribution in [2.24, 2.45) is 5.92 Å². The van der Waals surface area contributed by atoms with Crippen LogP contribution >= 0.6 is 0 Å². The summed E-state index contributed by atoms with van der Waals surface area (Å²) in [6.07, 6.45) is 9.77. The van der Waals surface area contributed by atoms with Crippen LogP contribution in [0.2, 0.25) is 0 Å². The summed E-state index contributed by atoms with van der Waals surface area (Å²) in [6, 6.07) is 8.65. The van der Waals surface area contributed by atoms with Crippen molar-refractivity contribution in [3.63, 3.8) is 0 Å². The first-order valence-electron chi connectivity index (χ1n) is 8.10. The largest absolute Gasteiger partial charge is 0.492 e. The van der Waals surface area contributed by atoms with E-state index in [-0.39, 0.29) is 0 Å². The van der Waals surface area contributed by atoms with Crippen LogP contribution in [0.4, 0.5) is 0 Å². The van der Waals surface area contributed by atoms with Gasteiger partial charge in [-0.05, 0) is 50.6 Å². The predicted molar refractivity (Wildman–Crippen MR) is 85.4 cm³/mol. The first-order valence-corrected chi connectivity index (χ1v) is 8.10. The van der Waals surface area contributed by atoms with Gasteiger partial charge in [-0.3, -0.25) is 0 Å². The van der Waals surface area contributed by atoms with Crippen LogP contribution in [0.3, 0.4) is 0 Å². The first kappa shape index (κ1) is 15.4. The summed E-state index contributed by atoms with van der Waals surface area (Å²) in [5.41, 5.74) is 1.43. The summed E-state index contributed by atoms with van der Waals surface area (Å²) in [5.74, 6) is 1.98. The molecular formula is C18H29NO. The highest BCUT2D eigenvalue weighted by atomic mass is 16.5. The highest BCUT2D eigenvalue weighted by molar-refractivity contribution is 5.28. The summed E-state index contributed by atoms with van der Waals surface area (Å²) in [7, 11) is 4.15. The number of nitrogens with zero attached hydrogens (tertiary/aromatic N) is 1. The number of hydrogen-bond acceptors (Lipinski definition) is 2. The van der Waals surface area contributed by atoms with Crippen molar-refractivity contribution in [3.05, 3.63) is 29.8 Å². The molecule has 0 aromatic heterocycles. The minimum atomic E-state index is 0.763. The zero-order valence-electron chi connectivity index (χ0n) is 13.1. The SMILES string of the molecule is CN(C)CCOc1cccc(CCC2CCCCC2)c1. The molecule has 2 nitrogen and oxygen atoms in total. The lowest BCUT2D eigenvalue weighted by molar-refractivity contribution is 0.261. The van der Waals surface area contributed by atoms with E-state index >= 15 is 0 Å². The zero-order chi connectivity index (χ0) is 14.2. The standard InChI is InChI=1S/C18H29NO/c1-19(2)13-14-20-18-10-6-9-17(15-18)12-11-16-7-4-3-5-8-16/h6,9-10,15-16H,3-5,7-8,11-14H2,1-2H3. The Hall–Kier alpha value is -1.02. The summed E-state index contributed by atoms with van der Waals surface area (Å²) in [6.45, 7) is 1.73. The monoisotopic (exact) mass is 275 g/mol. The molecule has 0 saturated heterocycles. The molecule has 0 heterocycles. The van der Waals surface area contributed by atoms with Gasteiger partial charge < -0.3 is 9.64 Å². The molecule has 0 N–H and O–H groups in total. The van der Waals surface area contributed by atoms with E-state index in [0.29, 0.717) is 0 Å². The number of ether oxygens (including phenoxy) is 1. The molecule has 0 amide bonds. The Balaban J connectivity index is 1.76. The molecule has 112 valence electrons. The minimum absolute atomic E-state index is 0.763. The van der Waals surface area contributed by atoms with Gasteiger partial charge in [0.1, 0.15) is 12.4 Å². The molecular weight excluding hydrogens is 246 g/mol. The second-order valence-corrected chi connectivity index (χ2v) is 6.34. The highest BCUT2D eigenvalue weighted by Gasteiger charge is 2.13. The number of aryl methyl sites for hydroxylation is 1. The molecule has 1 aromatic rings. The minimum Gasteiger partial charge on any atom is -0.492 e. The molecule has 1 aliphatic carbocycles. The molecule has 1 fully saturated rings. The van der Waals surface area contributed by atoms with Crippen molar-refractivity contribution >= 4 is 0 Å². The van der Waals surface area contributed by atoms with Gasteiger partial charge in [0.25, 0.3) is 0 Å². The molecule has 0 spiro atoms. The summed E-state index contributed by atoms with van der Waals surface area (Å²) in [5, 5.41) is 0. The Morgan fingerprint density at radius 2 is 1.95 bits per heavy atom. The fourth-order valence-corrected chi connectivity index (χ4v) is 2.98. The fraction of sp³-hybridized carbons (Fsp3) is 0.667. The van der Waals surface area contributed by atoms with E-state index in [1.54, 1.807) is 0 Å². The topological polar surface area (TPSA) is 12.5 Å². The maximum Gasteiger partial charge on any atom is 0.119 e. The maximum absolute atomic E-state index is 5.81. The first-order chi connectivity index (χ1) is 9.74. The Bertz CT molecular complexity index is 383. The lowest BCUT2D eigenvalue weighted by Gasteiger charge is -2.21. The van der Waals surface area contributed by atoms with Gasteiger partial charge in [-0.15, -0.1) is 0 Å². The lowest BCUT2D eigenvalue weighted by Crippen LogP contribution is -2.19. The molecule has 2 rings (SSSR count). The molecule has 1 aliphatic rings. The highest BCUT2D eigenvalue weighted by Crippen LogP contribution is 2.27. The van der Waals surface area contributed by atoms with E-state index in [2.05, 4.69) is 43.3 Å². The fourth-order valence-electron chi connectivity index (χ4n) is 2.98. The molecule has 0 bridgehead atoms. The predicted octanol–water partition coefficient (Wildman–Crippen LogP) is 4.14. The second kappa shape index (κ2) is 8.31. The number of likely N-dealkylation sites (N-methyl/N-ethyl adjacent to an activating group) is 1. The van der Waals surface area contributed by atoms with Gasteiger partial charge in [0.15, 0.2) is 0 Å². The molecule has 0 radical (unpaired) electrons. The smallest absolute Gasteiger partial charge is 0.119 e. The van der Waals surface area contributed by atoms with Crippen LogP contribution in [0.5, 0.6) is 5.75 Å². The van der Waals surface area contributed by atoms with Crippen molar-refractivity contribution in [3.8, 4) is 5.75 Å². The zero-order valence-corrected chi connectivity index (χ0v) is 13.1. The van der Waals surface area contributed by atoms with Crippen molar-refractivity contribution in [2.45, 2.75) is 44.9 Å². The third kappa shape index (κ3) is 5.54. The third-order valence-corrected chi connectivity index (χ3v) is 4.27. The Morgan fingerprint density at radius 1 is 1.15 bits per heavy atom. The normalized spacial score (nSPS) is 16.6. The van der Waals surface area contributed by atoms with Crippen LogP contribution < -0.4 is 4.74 Å². The van der Waals surface area contributed by atoms with Crippen LogP contribution in [-0.2, 0) is 6.42 Å². The van der Waals surface area contributed by atoms with Crippen LogP contribution in [0, 0.1) is 5.92 Å². The molecule has 1 aromatic carbocycles. The van der Waals surface area contributed by atoms with Gasteiger partial charge in [0.05, 0.1) is 0 Å². The average molecular weight is 275 g/mol. The number of hydrogen-bond donors (Lipinski definition) is 0. The van der Waals surface area contributed by atoms with Crippen molar-refractivity contribution in [1.82, 2.24) is 4.90 Å². The van der Waals surface area contributed by atoms with Gasteiger partial charge in [-0.1, -0.05) is 44.2 Å². The maximum atomic E-state index is 5.81. The number of rotatable bonds is 7. The van der Waals surface area contributed by atoms with E-state index in [4.69, 9.17) is 4.74 Å². The summed E-state index contributed by atoms with van der Waals surface area (Å²) >= 11 is 0. The van der Waals surface area contributed by atoms with Gasteiger partial charge in [0, 0.05) is 6.54 Å². The van der Waals surface area contributed by atoms with E-state index in [9.17, 15) is 0 Å². The van der Waals surface area contributed by atoms with Gasteiger partial charge in [-0.2, -0.15) is 0 Å². The molecule has 2 heteroatoms. The second-order valence-electron chi connectivity index (χ2n) is 6.34. The van der Waals surface area contributed by atoms with Gasteiger partial charge in [0.2, 0.25) is 0 Å². The van der Waals surface area contributed by atoms with Gasteiger partial charge in [-0.25, -0.2) is 0 Å². The Labute approximate surface area is 124 Å². The number of benzene rings is 1. The van der Waals surface area contributed by atoms with E-state index in [1.807, 2.05) is 0 Å². The summed E-state index contributed by atoms with van der Waals surface area (Å²) < 4.78 is 5.81. The quantitative estimate of drug-likeness (QED) is 0.741. The van der Waals surface area contributed by atoms with Gasteiger partial charge >= 0.3 is 0 Å². The lowest BCUT2D eigenvalue weighted by atomic mass is 9.85. The Kier molecular flexibility index (Phi) is 6.38. The van der Waals surface area contributed by atoms with Crippen LogP contribution in [0.1, 0.15) is 44.1 Å². The van der Waals surface area contributed by atoms with Crippen molar-refractivity contribution in [2.75, 3.05) is 27.2 Å². The van der Waals surface area contributed by atoms with Crippen LogP contribution in [-0.4, -0.2) is 32.1 Å². The molecule has 20 heavy (non-hydrogen) atoms. The molecule has 0 atom stereocenters. The average Bonchev–Trinajstić information content (AvgIpc) is 2.46. The van der Waals surface area contributed by atoms with Crippen molar-refractivity contribution in [1.29, 1.82) is 0 Å². The van der Waals surface area contributed by atoms with Crippen LogP contribution in [0.25, 0.3) is 0 Å². The van der Waals surface area contributed by atoms with E-state index in [1.165, 1.54) is 50.5 Å². The van der Waals surface area contributed by atoms with E-state index < -0.39 is 0 Å². The van der Waals surface area contributed by atoms with E-state index in [0.717, 1.165) is 24.8 Å².